The maximum atomic E-state index is 13.5. The summed E-state index contributed by atoms with van der Waals surface area (Å²) in [5.41, 5.74) is 0.312. The van der Waals surface area contributed by atoms with Crippen LogP contribution in [0.15, 0.2) is 47.4 Å². The second-order valence-electron chi connectivity index (χ2n) is 3.93. The van der Waals surface area contributed by atoms with Crippen molar-refractivity contribution in [3.63, 3.8) is 0 Å². The molecule has 106 valence electrons. The molecule has 0 radical (unpaired) electrons. The predicted octanol–water partition coefficient (Wildman–Crippen LogP) is 3.99. The van der Waals surface area contributed by atoms with Gasteiger partial charge in [-0.2, -0.15) is 0 Å². The first kappa shape index (κ1) is 15.1. The van der Waals surface area contributed by atoms with Crippen LogP contribution in [0.25, 0.3) is 0 Å². The molecule has 0 aliphatic heterocycles. The summed E-state index contributed by atoms with van der Waals surface area (Å²) in [4.78, 5) is -0.0274. The molecule has 0 spiro atoms. The Morgan fingerprint density at radius 2 is 1.75 bits per heavy atom. The van der Waals surface area contributed by atoms with Crippen molar-refractivity contribution < 1.29 is 17.5 Å². The van der Waals surface area contributed by atoms with Crippen molar-refractivity contribution in [2.75, 3.05) is 0 Å². The molecule has 0 saturated carbocycles. The summed E-state index contributed by atoms with van der Waals surface area (Å²) in [6.07, 6.45) is 0. The van der Waals surface area contributed by atoms with Crippen LogP contribution in [0.1, 0.15) is 5.56 Å². The molecular formula is C13H9Cl2FO3S. The molecule has 0 aliphatic rings. The first-order valence-electron chi connectivity index (χ1n) is 5.48. The van der Waals surface area contributed by atoms with E-state index < -0.39 is 14.9 Å². The number of hydrogen-bond donors (Lipinski definition) is 0. The van der Waals surface area contributed by atoms with E-state index in [9.17, 15) is 12.8 Å². The first-order chi connectivity index (χ1) is 9.36. The van der Waals surface area contributed by atoms with E-state index in [0.717, 1.165) is 0 Å². The second-order valence-corrected chi connectivity index (χ2v) is 6.94. The molecule has 0 bridgehead atoms. The second kappa shape index (κ2) is 5.99. The van der Waals surface area contributed by atoms with Crippen molar-refractivity contribution in [3.8, 4) is 5.75 Å². The summed E-state index contributed by atoms with van der Waals surface area (Å²) in [5.74, 6) is -0.0252. The van der Waals surface area contributed by atoms with Gasteiger partial charge in [0.2, 0.25) is 0 Å². The summed E-state index contributed by atoms with van der Waals surface area (Å²) >= 11 is 5.77. The monoisotopic (exact) mass is 334 g/mol. The fraction of sp³-hybridized carbons (Fsp3) is 0.0769. The van der Waals surface area contributed by atoms with Crippen molar-refractivity contribution >= 4 is 31.3 Å². The Kier molecular flexibility index (Phi) is 4.52. The summed E-state index contributed by atoms with van der Waals surface area (Å²) in [6, 6.07) is 9.67. The highest BCUT2D eigenvalue weighted by Gasteiger charge is 2.09. The van der Waals surface area contributed by atoms with Crippen LogP contribution in [0.3, 0.4) is 0 Å². The minimum absolute atomic E-state index is 0.0145. The van der Waals surface area contributed by atoms with E-state index in [0.29, 0.717) is 16.3 Å². The maximum Gasteiger partial charge on any atom is 0.261 e. The summed E-state index contributed by atoms with van der Waals surface area (Å²) in [7, 11) is 1.43. The van der Waals surface area contributed by atoms with Crippen LogP contribution in [-0.4, -0.2) is 8.42 Å². The van der Waals surface area contributed by atoms with Gasteiger partial charge in [-0.15, -0.1) is 0 Å². The van der Waals surface area contributed by atoms with Crippen LogP contribution in [-0.2, 0) is 15.7 Å². The van der Waals surface area contributed by atoms with E-state index in [4.69, 9.17) is 27.0 Å². The molecule has 2 aromatic carbocycles. The molecule has 0 atom stereocenters. The minimum atomic E-state index is -3.76. The van der Waals surface area contributed by atoms with Gasteiger partial charge in [0.15, 0.2) is 0 Å². The van der Waals surface area contributed by atoms with Gasteiger partial charge in [0.1, 0.15) is 18.2 Å². The standard InChI is InChI=1S/C13H9Cl2FO3S/c14-10-1-6-13(16)9(7-10)8-19-11-2-4-12(5-3-11)20(15,17)18/h1-7H,8H2. The number of ether oxygens (including phenoxy) is 1. The van der Waals surface area contributed by atoms with E-state index in [1.807, 2.05) is 0 Å². The lowest BCUT2D eigenvalue weighted by atomic mass is 10.2. The van der Waals surface area contributed by atoms with Crippen molar-refractivity contribution in [2.45, 2.75) is 11.5 Å². The average molecular weight is 335 g/mol. The van der Waals surface area contributed by atoms with Crippen LogP contribution in [0.4, 0.5) is 4.39 Å². The highest BCUT2D eigenvalue weighted by atomic mass is 35.7. The maximum absolute atomic E-state index is 13.5. The van der Waals surface area contributed by atoms with Gasteiger partial charge in [0.05, 0.1) is 4.90 Å². The minimum Gasteiger partial charge on any atom is -0.489 e. The van der Waals surface area contributed by atoms with Crippen LogP contribution in [0.5, 0.6) is 5.75 Å². The zero-order chi connectivity index (χ0) is 14.8. The zero-order valence-electron chi connectivity index (χ0n) is 10.0. The average Bonchev–Trinajstić information content (AvgIpc) is 2.39. The van der Waals surface area contributed by atoms with E-state index >= 15 is 0 Å². The molecule has 0 aliphatic carbocycles. The molecule has 0 aromatic heterocycles. The van der Waals surface area contributed by atoms with Gasteiger partial charge in [-0.3, -0.25) is 0 Å². The smallest absolute Gasteiger partial charge is 0.261 e. The third-order valence-electron chi connectivity index (χ3n) is 2.51. The highest BCUT2D eigenvalue weighted by Crippen LogP contribution is 2.21. The number of hydrogen-bond acceptors (Lipinski definition) is 3. The zero-order valence-corrected chi connectivity index (χ0v) is 12.3. The highest BCUT2D eigenvalue weighted by molar-refractivity contribution is 8.13. The lowest BCUT2D eigenvalue weighted by Gasteiger charge is -2.08. The number of halogens is 3. The van der Waals surface area contributed by atoms with E-state index in [-0.39, 0.29) is 11.5 Å². The fourth-order valence-corrected chi connectivity index (χ4v) is 2.48. The molecule has 0 amide bonds. The van der Waals surface area contributed by atoms with Crippen molar-refractivity contribution in [1.29, 1.82) is 0 Å². The van der Waals surface area contributed by atoms with Gasteiger partial charge in [0, 0.05) is 21.3 Å². The molecule has 2 rings (SSSR count). The quantitative estimate of drug-likeness (QED) is 0.794. The lowest BCUT2D eigenvalue weighted by Crippen LogP contribution is -1.99. The van der Waals surface area contributed by atoms with Gasteiger partial charge in [-0.1, -0.05) is 11.6 Å². The molecule has 20 heavy (non-hydrogen) atoms. The predicted molar refractivity (Wildman–Crippen MR) is 75.2 cm³/mol. The first-order valence-corrected chi connectivity index (χ1v) is 8.16. The Bertz CT molecular complexity index is 715. The molecule has 0 fully saturated rings. The number of rotatable bonds is 4. The van der Waals surface area contributed by atoms with Gasteiger partial charge in [-0.25, -0.2) is 12.8 Å². The van der Waals surface area contributed by atoms with E-state index in [2.05, 4.69) is 0 Å². The third kappa shape index (κ3) is 3.85. The third-order valence-corrected chi connectivity index (χ3v) is 4.11. The van der Waals surface area contributed by atoms with Gasteiger partial charge in [-0.05, 0) is 42.5 Å². The molecule has 0 N–H and O–H groups in total. The molecule has 3 nitrogen and oxygen atoms in total. The van der Waals surface area contributed by atoms with Gasteiger partial charge < -0.3 is 4.74 Å². The summed E-state index contributed by atoms with van der Waals surface area (Å²) in [5, 5.41) is 0.411. The molecule has 7 heteroatoms. The Hall–Kier alpha value is -1.30. The van der Waals surface area contributed by atoms with Crippen LogP contribution < -0.4 is 4.74 Å². The Labute approximate surface area is 125 Å². The lowest BCUT2D eigenvalue weighted by molar-refractivity contribution is 0.299. The molecule has 2 aromatic rings. The summed E-state index contributed by atoms with van der Waals surface area (Å²) in [6.45, 7) is -0.0145. The van der Waals surface area contributed by atoms with E-state index in [1.54, 1.807) is 0 Å². The Morgan fingerprint density at radius 3 is 2.35 bits per heavy atom. The van der Waals surface area contributed by atoms with Crippen LogP contribution in [0, 0.1) is 5.82 Å². The summed E-state index contributed by atoms with van der Waals surface area (Å²) < 4.78 is 40.9. The SMILES string of the molecule is O=S(=O)(Cl)c1ccc(OCc2cc(Cl)ccc2F)cc1. The normalized spacial score (nSPS) is 11.3. The van der Waals surface area contributed by atoms with Gasteiger partial charge in [0.25, 0.3) is 9.05 Å². The molecule has 0 saturated heterocycles. The topological polar surface area (TPSA) is 43.4 Å². The van der Waals surface area contributed by atoms with Crippen molar-refractivity contribution in [3.05, 3.63) is 58.9 Å². The molecule has 0 unspecified atom stereocenters. The largest absolute Gasteiger partial charge is 0.489 e. The van der Waals surface area contributed by atoms with E-state index in [1.165, 1.54) is 42.5 Å². The fourth-order valence-electron chi connectivity index (χ4n) is 1.51. The van der Waals surface area contributed by atoms with Crippen molar-refractivity contribution in [1.82, 2.24) is 0 Å². The van der Waals surface area contributed by atoms with Crippen LogP contribution in [0.2, 0.25) is 5.02 Å². The molecular weight excluding hydrogens is 326 g/mol. The molecule has 0 heterocycles. The number of benzene rings is 2. The van der Waals surface area contributed by atoms with Crippen LogP contribution >= 0.6 is 22.3 Å². The van der Waals surface area contributed by atoms with Crippen molar-refractivity contribution in [2.24, 2.45) is 0 Å². The Morgan fingerprint density at radius 1 is 1.10 bits per heavy atom. The Balaban J connectivity index is 2.10. The van der Waals surface area contributed by atoms with Gasteiger partial charge >= 0.3 is 0 Å².